The van der Waals surface area contributed by atoms with Crippen LogP contribution in [-0.2, 0) is 4.74 Å². The molecular weight excluding hydrogens is 207 g/mol. The summed E-state index contributed by atoms with van der Waals surface area (Å²) in [5.74, 6) is 4.95. The molecule has 0 aromatic heterocycles. The van der Waals surface area contributed by atoms with Gasteiger partial charge in [0.15, 0.2) is 0 Å². The molecule has 3 nitrogen and oxygen atoms in total. The summed E-state index contributed by atoms with van der Waals surface area (Å²) in [5, 5.41) is 0.464. The molecule has 5 heteroatoms. The quantitative estimate of drug-likeness (QED) is 0.597. The van der Waals surface area contributed by atoms with Crippen molar-refractivity contribution in [3.63, 3.8) is 0 Å². The second kappa shape index (κ2) is 5.26. The van der Waals surface area contributed by atoms with E-state index in [0.717, 1.165) is 0 Å². The SMILES string of the molecule is COCC(NN)c1cc(F)ccc1Cl. The van der Waals surface area contributed by atoms with E-state index in [1.807, 2.05) is 0 Å². The van der Waals surface area contributed by atoms with Gasteiger partial charge in [-0.2, -0.15) is 0 Å². The van der Waals surface area contributed by atoms with E-state index < -0.39 is 0 Å². The van der Waals surface area contributed by atoms with E-state index >= 15 is 0 Å². The highest BCUT2D eigenvalue weighted by Gasteiger charge is 2.13. The highest BCUT2D eigenvalue weighted by Crippen LogP contribution is 2.23. The number of hydrazine groups is 1. The highest BCUT2D eigenvalue weighted by atomic mass is 35.5. The normalized spacial score (nSPS) is 12.9. The molecule has 14 heavy (non-hydrogen) atoms. The first-order chi connectivity index (χ1) is 6.69. The Morgan fingerprint density at radius 2 is 2.36 bits per heavy atom. The largest absolute Gasteiger partial charge is 0.383 e. The zero-order chi connectivity index (χ0) is 10.6. The number of ether oxygens (including phenoxy) is 1. The Hall–Kier alpha value is -0.680. The molecular formula is C9H12ClFN2O. The molecule has 1 aromatic carbocycles. The van der Waals surface area contributed by atoms with Crippen LogP contribution in [0.3, 0.4) is 0 Å². The lowest BCUT2D eigenvalue weighted by atomic mass is 10.1. The third-order valence-electron chi connectivity index (χ3n) is 1.87. The second-order valence-corrected chi connectivity index (χ2v) is 3.25. The lowest BCUT2D eigenvalue weighted by Gasteiger charge is -2.16. The van der Waals surface area contributed by atoms with Crippen LogP contribution in [0.2, 0.25) is 5.02 Å². The number of hydrogen-bond acceptors (Lipinski definition) is 3. The van der Waals surface area contributed by atoms with Crippen molar-refractivity contribution < 1.29 is 9.13 Å². The van der Waals surface area contributed by atoms with Crippen LogP contribution in [0.15, 0.2) is 18.2 Å². The molecule has 0 aliphatic rings. The fraction of sp³-hybridized carbons (Fsp3) is 0.333. The Morgan fingerprint density at radius 3 is 2.93 bits per heavy atom. The predicted octanol–water partition coefficient (Wildman–Crippen LogP) is 1.63. The van der Waals surface area contributed by atoms with Crippen LogP contribution in [0.25, 0.3) is 0 Å². The van der Waals surface area contributed by atoms with Gasteiger partial charge in [-0.1, -0.05) is 11.6 Å². The summed E-state index contributed by atoms with van der Waals surface area (Å²) in [6.07, 6.45) is 0. The predicted molar refractivity (Wildman–Crippen MR) is 53.4 cm³/mol. The van der Waals surface area contributed by atoms with Gasteiger partial charge in [-0.05, 0) is 23.8 Å². The molecule has 0 aliphatic heterocycles. The average Bonchev–Trinajstić information content (AvgIpc) is 2.18. The number of nitrogens with one attached hydrogen (secondary N) is 1. The van der Waals surface area contributed by atoms with Crippen LogP contribution >= 0.6 is 11.6 Å². The van der Waals surface area contributed by atoms with Crippen molar-refractivity contribution in [1.82, 2.24) is 5.43 Å². The van der Waals surface area contributed by atoms with Gasteiger partial charge >= 0.3 is 0 Å². The number of nitrogens with two attached hydrogens (primary N) is 1. The molecule has 0 heterocycles. The van der Waals surface area contributed by atoms with Crippen LogP contribution in [-0.4, -0.2) is 13.7 Å². The van der Waals surface area contributed by atoms with E-state index in [1.54, 1.807) is 0 Å². The number of hydrogen-bond donors (Lipinski definition) is 2. The van der Waals surface area contributed by atoms with E-state index in [9.17, 15) is 4.39 Å². The third-order valence-corrected chi connectivity index (χ3v) is 2.21. The van der Waals surface area contributed by atoms with Gasteiger partial charge in [-0.3, -0.25) is 11.3 Å². The molecule has 0 radical (unpaired) electrons. The van der Waals surface area contributed by atoms with E-state index in [-0.39, 0.29) is 11.9 Å². The summed E-state index contributed by atoms with van der Waals surface area (Å²) >= 11 is 5.89. The minimum atomic E-state index is -0.347. The summed E-state index contributed by atoms with van der Waals surface area (Å²) in [7, 11) is 1.54. The van der Waals surface area contributed by atoms with Crippen molar-refractivity contribution in [2.45, 2.75) is 6.04 Å². The minimum Gasteiger partial charge on any atom is -0.383 e. The second-order valence-electron chi connectivity index (χ2n) is 2.84. The number of methoxy groups -OCH3 is 1. The number of benzene rings is 1. The zero-order valence-corrected chi connectivity index (χ0v) is 8.51. The molecule has 0 bridgehead atoms. The maximum Gasteiger partial charge on any atom is 0.123 e. The smallest absolute Gasteiger partial charge is 0.123 e. The Bertz CT molecular complexity index is 309. The number of halogens is 2. The first kappa shape index (κ1) is 11.4. The molecule has 1 unspecified atom stereocenters. The zero-order valence-electron chi connectivity index (χ0n) is 7.76. The summed E-state index contributed by atoms with van der Waals surface area (Å²) < 4.78 is 17.8. The Kier molecular flexibility index (Phi) is 4.28. The monoisotopic (exact) mass is 218 g/mol. The van der Waals surface area contributed by atoms with E-state index in [4.69, 9.17) is 22.2 Å². The van der Waals surface area contributed by atoms with Gasteiger partial charge in [0, 0.05) is 12.1 Å². The molecule has 78 valence electrons. The van der Waals surface area contributed by atoms with Crippen molar-refractivity contribution in [2.24, 2.45) is 5.84 Å². The minimum absolute atomic E-state index is 0.303. The summed E-state index contributed by atoms with van der Waals surface area (Å²) in [5.41, 5.74) is 3.10. The van der Waals surface area contributed by atoms with Crippen LogP contribution < -0.4 is 11.3 Å². The lowest BCUT2D eigenvalue weighted by molar-refractivity contribution is 0.167. The van der Waals surface area contributed by atoms with Gasteiger partial charge in [-0.15, -0.1) is 0 Å². The molecule has 0 saturated heterocycles. The van der Waals surface area contributed by atoms with Gasteiger partial charge in [0.1, 0.15) is 5.82 Å². The molecule has 0 amide bonds. The van der Waals surface area contributed by atoms with Gasteiger partial charge in [0.2, 0.25) is 0 Å². The van der Waals surface area contributed by atoms with Gasteiger partial charge in [-0.25, -0.2) is 4.39 Å². The summed E-state index contributed by atoms with van der Waals surface area (Å²) in [6, 6.07) is 3.83. The fourth-order valence-corrected chi connectivity index (χ4v) is 1.43. The number of rotatable bonds is 4. The first-order valence-electron chi connectivity index (χ1n) is 4.09. The molecule has 1 atom stereocenters. The van der Waals surface area contributed by atoms with Crippen molar-refractivity contribution in [2.75, 3.05) is 13.7 Å². The van der Waals surface area contributed by atoms with E-state index in [0.29, 0.717) is 17.2 Å². The molecule has 1 rings (SSSR count). The first-order valence-corrected chi connectivity index (χ1v) is 4.47. The van der Waals surface area contributed by atoms with Crippen LogP contribution in [0.4, 0.5) is 4.39 Å². The van der Waals surface area contributed by atoms with Crippen molar-refractivity contribution in [3.05, 3.63) is 34.6 Å². The van der Waals surface area contributed by atoms with Crippen molar-refractivity contribution >= 4 is 11.6 Å². The average molecular weight is 219 g/mol. The van der Waals surface area contributed by atoms with Crippen LogP contribution in [0.1, 0.15) is 11.6 Å². The summed E-state index contributed by atoms with van der Waals surface area (Å²) in [6.45, 7) is 0.333. The fourth-order valence-electron chi connectivity index (χ4n) is 1.18. The topological polar surface area (TPSA) is 47.3 Å². The maximum absolute atomic E-state index is 12.9. The molecule has 0 spiro atoms. The van der Waals surface area contributed by atoms with Gasteiger partial charge in [0.25, 0.3) is 0 Å². The molecule has 0 fully saturated rings. The standard InChI is InChI=1S/C9H12ClFN2O/c1-14-5-9(13-12)7-4-6(11)2-3-8(7)10/h2-4,9,13H,5,12H2,1H3. The van der Waals surface area contributed by atoms with Crippen LogP contribution in [0.5, 0.6) is 0 Å². The molecule has 1 aromatic rings. The molecule has 0 aliphatic carbocycles. The van der Waals surface area contributed by atoms with E-state index in [1.165, 1.54) is 25.3 Å². The van der Waals surface area contributed by atoms with Gasteiger partial charge in [0.05, 0.1) is 12.6 Å². The lowest BCUT2D eigenvalue weighted by Crippen LogP contribution is -2.31. The van der Waals surface area contributed by atoms with Crippen molar-refractivity contribution in [3.8, 4) is 0 Å². The van der Waals surface area contributed by atoms with Gasteiger partial charge < -0.3 is 4.74 Å². The molecule has 3 N–H and O–H groups in total. The Morgan fingerprint density at radius 1 is 1.64 bits per heavy atom. The highest BCUT2D eigenvalue weighted by molar-refractivity contribution is 6.31. The summed E-state index contributed by atoms with van der Waals surface area (Å²) in [4.78, 5) is 0. The van der Waals surface area contributed by atoms with E-state index in [2.05, 4.69) is 5.43 Å². The maximum atomic E-state index is 12.9. The Labute approximate surface area is 87.0 Å². The Balaban J connectivity index is 2.96. The van der Waals surface area contributed by atoms with Crippen LogP contribution in [0, 0.1) is 5.82 Å². The molecule has 0 saturated carbocycles. The van der Waals surface area contributed by atoms with Crippen molar-refractivity contribution in [1.29, 1.82) is 0 Å². The third kappa shape index (κ3) is 2.65.